The monoisotopic (exact) mass is 268 g/mol. The highest BCUT2D eigenvalue weighted by Crippen LogP contribution is 2.18. The van der Waals surface area contributed by atoms with Crippen LogP contribution in [0.15, 0.2) is 24.3 Å². The minimum Gasteiger partial charge on any atom is -0.0592 e. The van der Waals surface area contributed by atoms with Crippen LogP contribution in [-0.2, 0) is 8.57 Å². The van der Waals surface area contributed by atoms with Crippen LogP contribution in [0.1, 0.15) is 11.1 Å². The van der Waals surface area contributed by atoms with Gasteiger partial charge in [-0.2, -0.15) is 0 Å². The van der Waals surface area contributed by atoms with E-state index in [2.05, 4.69) is 61.5 Å². The first kappa shape index (κ1) is 12.6. The molecule has 0 aliphatic heterocycles. The molecule has 0 unspecified atom stereocenters. The molecule has 1 rings (SSSR count). The molecule has 0 spiro atoms. The zero-order valence-corrected chi connectivity index (χ0v) is 13.3. The van der Waals surface area contributed by atoms with Gasteiger partial charge in [-0.25, -0.2) is 0 Å². The van der Waals surface area contributed by atoms with Gasteiger partial charge in [0, 0.05) is 61.5 Å². The highest BCUT2D eigenvalue weighted by Gasteiger charge is 2.17. The molecule has 0 aliphatic carbocycles. The van der Waals surface area contributed by atoms with Crippen LogP contribution in [-0.4, -0.2) is 61.5 Å². The van der Waals surface area contributed by atoms with Crippen LogP contribution >= 0.6 is 0 Å². The third-order valence-corrected chi connectivity index (χ3v) is 3.48. The Morgan fingerprint density at radius 1 is 0.571 bits per heavy atom. The summed E-state index contributed by atoms with van der Waals surface area (Å²) in [6, 6.07) is 8.05. The van der Waals surface area contributed by atoms with Crippen LogP contribution in [0.25, 0.3) is 0 Å². The minimum absolute atomic E-state index is 0.371. The maximum atomic E-state index is 3.50. The van der Waals surface area contributed by atoms with E-state index in [4.69, 9.17) is 0 Å². The Hall–Kier alpha value is 0.521. The van der Waals surface area contributed by atoms with Crippen molar-refractivity contribution in [3.8, 4) is 0 Å². The topological polar surface area (TPSA) is 0 Å². The summed E-state index contributed by atoms with van der Waals surface area (Å²) in [6.07, 6.45) is 0. The van der Waals surface area contributed by atoms with Gasteiger partial charge in [0.1, 0.15) is 0 Å². The Kier molecular flexibility index (Phi) is 3.76. The second-order valence-corrected chi connectivity index (χ2v) is 10.6. The molecule has 6 heteroatoms. The quantitative estimate of drug-likeness (QED) is 0.599. The van der Waals surface area contributed by atoms with Crippen molar-refractivity contribution >= 4 is 61.5 Å². The molecular formula is C8H4Si6. The molecule has 60 valence electrons. The summed E-state index contributed by atoms with van der Waals surface area (Å²) in [4.78, 5) is 0. The molecule has 14 heavy (non-hydrogen) atoms. The Morgan fingerprint density at radius 2 is 0.786 bits per heavy atom. The molecule has 0 fully saturated rings. The lowest BCUT2D eigenvalue weighted by molar-refractivity contribution is 1.18. The van der Waals surface area contributed by atoms with Gasteiger partial charge in [0.15, 0.2) is 0 Å². The van der Waals surface area contributed by atoms with Crippen molar-refractivity contribution in [1.82, 2.24) is 0 Å². The second-order valence-electron chi connectivity index (χ2n) is 3.08. The van der Waals surface area contributed by atoms with Crippen LogP contribution < -0.4 is 0 Å². The van der Waals surface area contributed by atoms with Gasteiger partial charge in [-0.15, -0.1) is 0 Å². The van der Waals surface area contributed by atoms with Crippen LogP contribution in [0, 0.1) is 0 Å². The molecule has 0 nitrogen and oxygen atoms in total. The first-order valence-electron chi connectivity index (χ1n) is 3.82. The summed E-state index contributed by atoms with van der Waals surface area (Å²) in [6.45, 7) is 0. The van der Waals surface area contributed by atoms with Crippen molar-refractivity contribution in [2.24, 2.45) is 0 Å². The normalized spacial score (nSPS) is 13.0. The van der Waals surface area contributed by atoms with Gasteiger partial charge in [0.2, 0.25) is 0 Å². The fraction of sp³-hybridized carbons (Fsp3) is 0.250. The zero-order chi connectivity index (χ0) is 11.0. The molecule has 0 atom stereocenters. The lowest BCUT2D eigenvalue weighted by Gasteiger charge is -2.22. The fourth-order valence-corrected chi connectivity index (χ4v) is 1.97. The van der Waals surface area contributed by atoms with Crippen molar-refractivity contribution in [2.45, 2.75) is 8.57 Å². The van der Waals surface area contributed by atoms with E-state index in [1.54, 1.807) is 0 Å². The Morgan fingerprint density at radius 3 is 0.929 bits per heavy atom. The number of benzene rings is 1. The summed E-state index contributed by atoms with van der Waals surface area (Å²) in [7, 11) is 21.0. The maximum Gasteiger partial charge on any atom is 0.0275 e. The lowest BCUT2D eigenvalue weighted by Crippen LogP contribution is -2.29. The van der Waals surface area contributed by atoms with E-state index in [0.29, 0.717) is 0 Å². The molecule has 0 heterocycles. The molecule has 1 aromatic carbocycles. The van der Waals surface area contributed by atoms with Gasteiger partial charge in [0.05, 0.1) is 0 Å². The minimum atomic E-state index is -0.371. The van der Waals surface area contributed by atoms with Gasteiger partial charge < -0.3 is 0 Å². The Balaban J connectivity index is 3.02. The van der Waals surface area contributed by atoms with Crippen LogP contribution in [0.2, 0.25) is 0 Å². The van der Waals surface area contributed by atoms with Crippen molar-refractivity contribution in [1.29, 1.82) is 0 Å². The van der Waals surface area contributed by atoms with Gasteiger partial charge >= 0.3 is 0 Å². The van der Waals surface area contributed by atoms with Crippen molar-refractivity contribution in [3.05, 3.63) is 35.4 Å². The molecule has 0 bridgehead atoms. The van der Waals surface area contributed by atoms with E-state index < -0.39 is 0 Å². The molecular weight excluding hydrogens is 265 g/mol. The van der Waals surface area contributed by atoms with Crippen LogP contribution in [0.5, 0.6) is 0 Å². The van der Waals surface area contributed by atoms with E-state index in [1.165, 1.54) is 0 Å². The SMILES string of the molecule is [Si]C([Si])([Si])c1ccc(C([Si])([Si])[Si])cc1. The van der Waals surface area contributed by atoms with E-state index >= 15 is 0 Å². The molecule has 1 aromatic rings. The van der Waals surface area contributed by atoms with Gasteiger partial charge in [-0.05, 0) is 8.57 Å². The van der Waals surface area contributed by atoms with Crippen molar-refractivity contribution in [3.63, 3.8) is 0 Å². The highest BCUT2D eigenvalue weighted by atomic mass is 28.3. The highest BCUT2D eigenvalue weighted by molar-refractivity contribution is 6.59. The fourth-order valence-electron chi connectivity index (χ4n) is 0.970. The average Bonchev–Trinajstić information content (AvgIpc) is 2.01. The molecule has 0 N–H and O–H groups in total. The number of rotatable bonds is 2. The predicted octanol–water partition coefficient (Wildman–Crippen LogP) is -1.08. The Bertz CT molecular complexity index is 271. The van der Waals surface area contributed by atoms with Crippen molar-refractivity contribution in [2.75, 3.05) is 0 Å². The lowest BCUT2D eigenvalue weighted by atomic mass is 10.1. The standard InChI is InChI=1S/C8H4Si6/c9-7(10,11)5-1-2-6(4-3-5)8(12,13)14/h1-4H. The third-order valence-electron chi connectivity index (χ3n) is 1.75. The molecule has 18 radical (unpaired) electrons. The summed E-state index contributed by atoms with van der Waals surface area (Å²) in [5, 5.41) is 0. The first-order chi connectivity index (χ1) is 6.21. The molecule has 0 amide bonds. The average molecular weight is 269 g/mol. The van der Waals surface area contributed by atoms with Crippen molar-refractivity contribution < 1.29 is 0 Å². The van der Waals surface area contributed by atoms with Gasteiger partial charge in [-0.3, -0.25) is 0 Å². The van der Waals surface area contributed by atoms with Crippen LogP contribution in [0.4, 0.5) is 0 Å². The largest absolute Gasteiger partial charge is 0.0592 e. The zero-order valence-electron chi connectivity index (χ0n) is 7.31. The smallest absolute Gasteiger partial charge is 0.0275 e. The van der Waals surface area contributed by atoms with E-state index in [0.717, 1.165) is 11.1 Å². The van der Waals surface area contributed by atoms with E-state index in [9.17, 15) is 0 Å². The molecule has 0 saturated carbocycles. The van der Waals surface area contributed by atoms with E-state index in [1.807, 2.05) is 24.3 Å². The van der Waals surface area contributed by atoms with Crippen LogP contribution in [0.3, 0.4) is 0 Å². The maximum absolute atomic E-state index is 3.50. The summed E-state index contributed by atoms with van der Waals surface area (Å²) >= 11 is 0. The van der Waals surface area contributed by atoms with Gasteiger partial charge in [0.25, 0.3) is 0 Å². The molecule has 0 aliphatic rings. The summed E-state index contributed by atoms with van der Waals surface area (Å²) in [5.41, 5.74) is 2.17. The Labute approximate surface area is 105 Å². The summed E-state index contributed by atoms with van der Waals surface area (Å²) < 4.78 is -0.741. The molecule has 0 saturated heterocycles. The predicted molar refractivity (Wildman–Crippen MR) is 64.3 cm³/mol. The summed E-state index contributed by atoms with van der Waals surface area (Å²) in [5.74, 6) is 0. The molecule has 0 aromatic heterocycles. The first-order valence-corrected chi connectivity index (χ1v) is 6.82. The number of hydrogen-bond acceptors (Lipinski definition) is 0. The third kappa shape index (κ3) is 3.28. The second kappa shape index (κ2) is 4.18. The van der Waals surface area contributed by atoms with E-state index in [-0.39, 0.29) is 8.57 Å². The van der Waals surface area contributed by atoms with Gasteiger partial charge in [-0.1, -0.05) is 35.4 Å². The number of hydrogen-bond donors (Lipinski definition) is 0.